The summed E-state index contributed by atoms with van der Waals surface area (Å²) in [5.74, 6) is 0.681. The van der Waals surface area contributed by atoms with Crippen LogP contribution < -0.4 is 5.48 Å². The monoisotopic (exact) mass is 101 g/mol. The summed E-state index contributed by atoms with van der Waals surface area (Å²) >= 11 is 0. The highest BCUT2D eigenvalue weighted by atomic mass is 16.7. The maximum Gasteiger partial charge on any atom is 0.0723 e. The minimum atomic E-state index is 0.542. The minimum Gasteiger partial charge on any atom is -0.301 e. The van der Waals surface area contributed by atoms with E-state index in [2.05, 4.69) is 19.3 Å². The van der Waals surface area contributed by atoms with E-state index in [9.17, 15) is 0 Å². The van der Waals surface area contributed by atoms with Crippen molar-refractivity contribution in [2.24, 2.45) is 5.92 Å². The van der Waals surface area contributed by atoms with Crippen LogP contribution in [0.15, 0.2) is 0 Å². The Morgan fingerprint density at radius 1 is 1.57 bits per heavy atom. The number of hydroxylamine groups is 1. The highest BCUT2D eigenvalue weighted by Crippen LogP contribution is 2.07. The van der Waals surface area contributed by atoms with Gasteiger partial charge in [0, 0.05) is 6.04 Å². The molecule has 2 atom stereocenters. The predicted octanol–water partition coefficient (Wildman–Crippen LogP) is 0.546. The lowest BCUT2D eigenvalue weighted by atomic mass is 10.1. The summed E-state index contributed by atoms with van der Waals surface area (Å²) in [5, 5.41) is 0. The summed E-state index contributed by atoms with van der Waals surface area (Å²) < 4.78 is 0. The van der Waals surface area contributed by atoms with Gasteiger partial charge >= 0.3 is 0 Å². The van der Waals surface area contributed by atoms with E-state index < -0.39 is 0 Å². The molecule has 42 valence electrons. The van der Waals surface area contributed by atoms with Crippen LogP contribution in [-0.4, -0.2) is 12.6 Å². The first kappa shape index (κ1) is 5.06. The van der Waals surface area contributed by atoms with Gasteiger partial charge in [-0.3, -0.25) is 0 Å². The molecule has 0 radical (unpaired) electrons. The molecule has 1 aliphatic rings. The lowest BCUT2D eigenvalue weighted by molar-refractivity contribution is 0.0887. The van der Waals surface area contributed by atoms with Gasteiger partial charge in [-0.25, -0.2) is 0 Å². The fourth-order valence-corrected chi connectivity index (χ4v) is 0.571. The first-order valence-electron chi connectivity index (χ1n) is 2.68. The van der Waals surface area contributed by atoms with Crippen LogP contribution in [0, 0.1) is 5.92 Å². The fourth-order valence-electron chi connectivity index (χ4n) is 0.571. The number of hydrogen-bond donors (Lipinski definition) is 1. The summed E-state index contributed by atoms with van der Waals surface area (Å²) in [7, 11) is 0. The largest absolute Gasteiger partial charge is 0.301 e. The Morgan fingerprint density at radius 3 is 2.43 bits per heavy atom. The molecular weight excluding hydrogens is 90.1 g/mol. The molecule has 2 nitrogen and oxygen atoms in total. The molecule has 0 amide bonds. The summed E-state index contributed by atoms with van der Waals surface area (Å²) in [6.45, 7) is 5.16. The molecule has 1 fully saturated rings. The van der Waals surface area contributed by atoms with E-state index in [-0.39, 0.29) is 0 Å². The van der Waals surface area contributed by atoms with Crippen LogP contribution in [0.25, 0.3) is 0 Å². The molecular formula is C5H11NO. The first-order chi connectivity index (χ1) is 3.30. The number of hydrogen-bond acceptors (Lipinski definition) is 2. The van der Waals surface area contributed by atoms with Crippen LogP contribution in [-0.2, 0) is 4.84 Å². The first-order valence-corrected chi connectivity index (χ1v) is 2.68. The number of nitrogens with one attached hydrogen (secondary N) is 1. The van der Waals surface area contributed by atoms with E-state index in [1.807, 2.05) is 0 Å². The Bertz CT molecular complexity index is 57.1. The van der Waals surface area contributed by atoms with Crippen molar-refractivity contribution in [1.82, 2.24) is 5.48 Å². The molecule has 0 aromatic carbocycles. The zero-order chi connectivity index (χ0) is 5.28. The van der Waals surface area contributed by atoms with Crippen molar-refractivity contribution >= 4 is 0 Å². The van der Waals surface area contributed by atoms with Crippen molar-refractivity contribution in [2.45, 2.75) is 19.9 Å². The third kappa shape index (κ3) is 0.924. The maximum atomic E-state index is 4.92. The minimum absolute atomic E-state index is 0.542. The molecule has 7 heavy (non-hydrogen) atoms. The molecule has 1 aliphatic heterocycles. The third-order valence-corrected chi connectivity index (χ3v) is 1.47. The van der Waals surface area contributed by atoms with Crippen molar-refractivity contribution in [2.75, 3.05) is 6.61 Å². The summed E-state index contributed by atoms with van der Waals surface area (Å²) in [5.41, 5.74) is 2.87. The van der Waals surface area contributed by atoms with E-state index in [4.69, 9.17) is 4.84 Å². The second kappa shape index (κ2) is 1.80. The molecule has 0 spiro atoms. The molecule has 0 saturated carbocycles. The fraction of sp³-hybridized carbons (Fsp3) is 1.00. The Hall–Kier alpha value is -0.0800. The standard InChI is InChI=1S/C5H11NO/c1-4-3-7-6-5(4)2/h4-6H,3H2,1-2H3. The molecule has 1 N–H and O–H groups in total. The second-order valence-electron chi connectivity index (χ2n) is 2.19. The Morgan fingerprint density at radius 2 is 2.29 bits per heavy atom. The van der Waals surface area contributed by atoms with Gasteiger partial charge < -0.3 is 4.84 Å². The molecule has 0 bridgehead atoms. The normalized spacial score (nSPS) is 42.0. The highest BCUT2D eigenvalue weighted by molar-refractivity contribution is 4.67. The maximum absolute atomic E-state index is 4.92. The van der Waals surface area contributed by atoms with Gasteiger partial charge in [0.05, 0.1) is 6.61 Å². The highest BCUT2D eigenvalue weighted by Gasteiger charge is 2.17. The summed E-state index contributed by atoms with van der Waals surface area (Å²) in [4.78, 5) is 4.92. The predicted molar refractivity (Wildman–Crippen MR) is 27.7 cm³/mol. The summed E-state index contributed by atoms with van der Waals surface area (Å²) in [6, 6.07) is 0.542. The van der Waals surface area contributed by atoms with Crippen molar-refractivity contribution in [3.63, 3.8) is 0 Å². The lowest BCUT2D eigenvalue weighted by Gasteiger charge is -2.01. The van der Waals surface area contributed by atoms with Crippen LogP contribution in [0.5, 0.6) is 0 Å². The Balaban J connectivity index is 2.33. The van der Waals surface area contributed by atoms with Gasteiger partial charge in [-0.2, -0.15) is 5.48 Å². The molecule has 0 aromatic rings. The molecule has 1 heterocycles. The van der Waals surface area contributed by atoms with Gasteiger partial charge in [-0.15, -0.1) is 0 Å². The van der Waals surface area contributed by atoms with Crippen LogP contribution in [0.3, 0.4) is 0 Å². The molecule has 1 rings (SSSR count). The molecule has 2 unspecified atom stereocenters. The Labute approximate surface area is 43.8 Å². The average Bonchev–Trinajstić information content (AvgIpc) is 1.91. The number of rotatable bonds is 0. The van der Waals surface area contributed by atoms with E-state index >= 15 is 0 Å². The van der Waals surface area contributed by atoms with E-state index in [0.717, 1.165) is 6.61 Å². The third-order valence-electron chi connectivity index (χ3n) is 1.47. The van der Waals surface area contributed by atoms with Crippen molar-refractivity contribution in [3.05, 3.63) is 0 Å². The van der Waals surface area contributed by atoms with Crippen molar-refractivity contribution in [1.29, 1.82) is 0 Å². The van der Waals surface area contributed by atoms with Gasteiger partial charge in [-0.1, -0.05) is 6.92 Å². The average molecular weight is 101 g/mol. The van der Waals surface area contributed by atoms with Crippen molar-refractivity contribution in [3.8, 4) is 0 Å². The van der Waals surface area contributed by atoms with E-state index in [0.29, 0.717) is 12.0 Å². The van der Waals surface area contributed by atoms with Crippen LogP contribution in [0.1, 0.15) is 13.8 Å². The van der Waals surface area contributed by atoms with E-state index in [1.54, 1.807) is 0 Å². The molecule has 2 heteroatoms. The van der Waals surface area contributed by atoms with Gasteiger partial charge in [0.1, 0.15) is 0 Å². The summed E-state index contributed by atoms with van der Waals surface area (Å²) in [6.07, 6.45) is 0. The van der Waals surface area contributed by atoms with Crippen LogP contribution >= 0.6 is 0 Å². The Kier molecular flexibility index (Phi) is 1.30. The quantitative estimate of drug-likeness (QED) is 0.481. The van der Waals surface area contributed by atoms with Crippen molar-refractivity contribution < 1.29 is 4.84 Å². The topological polar surface area (TPSA) is 21.3 Å². The molecule has 0 aliphatic carbocycles. The molecule has 1 saturated heterocycles. The zero-order valence-corrected chi connectivity index (χ0v) is 4.77. The lowest BCUT2D eigenvalue weighted by Crippen LogP contribution is -2.20. The van der Waals surface area contributed by atoms with Gasteiger partial charge in [-0.05, 0) is 12.8 Å². The van der Waals surface area contributed by atoms with E-state index in [1.165, 1.54) is 0 Å². The SMILES string of the molecule is CC1CONC1C. The van der Waals surface area contributed by atoms with Crippen LogP contribution in [0.4, 0.5) is 0 Å². The van der Waals surface area contributed by atoms with Crippen LogP contribution in [0.2, 0.25) is 0 Å². The smallest absolute Gasteiger partial charge is 0.0723 e. The zero-order valence-electron chi connectivity index (χ0n) is 4.77. The van der Waals surface area contributed by atoms with Gasteiger partial charge in [0.2, 0.25) is 0 Å². The molecule has 0 aromatic heterocycles. The van der Waals surface area contributed by atoms with Gasteiger partial charge in [0.25, 0.3) is 0 Å². The second-order valence-corrected chi connectivity index (χ2v) is 2.19. The van der Waals surface area contributed by atoms with Gasteiger partial charge in [0.15, 0.2) is 0 Å².